The lowest BCUT2D eigenvalue weighted by Crippen LogP contribution is -2.36. The van der Waals surface area contributed by atoms with E-state index in [0.717, 1.165) is 27.6 Å². The van der Waals surface area contributed by atoms with Gasteiger partial charge in [-0.05, 0) is 34.7 Å². The Morgan fingerprint density at radius 2 is 1.93 bits per heavy atom. The predicted octanol–water partition coefficient (Wildman–Crippen LogP) is 3.13. The third-order valence-corrected chi connectivity index (χ3v) is 4.54. The lowest BCUT2D eigenvalue weighted by molar-refractivity contribution is 0.409. The summed E-state index contributed by atoms with van der Waals surface area (Å²) in [5.41, 5.74) is 8.01. The predicted molar refractivity (Wildman–Crippen MR) is 111 cm³/mol. The maximum absolute atomic E-state index is 9.22. The maximum atomic E-state index is 9.22. The number of ether oxygens (including phenoxy) is 1. The summed E-state index contributed by atoms with van der Waals surface area (Å²) in [6.07, 6.45) is 6.12. The second kappa shape index (κ2) is 9.49. The van der Waals surface area contributed by atoms with E-state index in [4.69, 9.17) is 10.5 Å². The summed E-state index contributed by atoms with van der Waals surface area (Å²) in [6, 6.07) is 16.0. The highest BCUT2D eigenvalue weighted by molar-refractivity contribution is 5.88. The van der Waals surface area contributed by atoms with Crippen LogP contribution in [0.5, 0.6) is 5.75 Å². The van der Waals surface area contributed by atoms with Crippen LogP contribution >= 0.6 is 0 Å². The molecule has 0 spiro atoms. The molecule has 6 nitrogen and oxygen atoms in total. The van der Waals surface area contributed by atoms with Crippen LogP contribution in [-0.4, -0.2) is 35.9 Å². The zero-order valence-corrected chi connectivity index (χ0v) is 15.9. The third-order valence-electron chi connectivity index (χ3n) is 4.54. The van der Waals surface area contributed by atoms with Crippen LogP contribution in [0.25, 0.3) is 10.8 Å². The van der Waals surface area contributed by atoms with Crippen molar-refractivity contribution in [1.29, 1.82) is 5.26 Å². The van der Waals surface area contributed by atoms with Gasteiger partial charge in [0.15, 0.2) is 0 Å². The average Bonchev–Trinajstić information content (AvgIpc) is 2.73. The van der Waals surface area contributed by atoms with Crippen LogP contribution in [0.1, 0.15) is 11.1 Å². The number of fused-ring (bicyclic) bond motifs is 1. The van der Waals surface area contributed by atoms with Crippen molar-refractivity contribution >= 4 is 16.6 Å². The van der Waals surface area contributed by atoms with E-state index in [2.05, 4.69) is 20.9 Å². The van der Waals surface area contributed by atoms with Gasteiger partial charge in [0.2, 0.25) is 6.19 Å². The molecule has 6 heteroatoms. The Balaban J connectivity index is 1.83. The first-order valence-electron chi connectivity index (χ1n) is 9.09. The lowest BCUT2D eigenvalue weighted by Gasteiger charge is -2.25. The number of methoxy groups -OCH3 is 1. The molecule has 0 aliphatic heterocycles. The molecule has 0 atom stereocenters. The molecule has 0 fully saturated rings. The van der Waals surface area contributed by atoms with Gasteiger partial charge in [0, 0.05) is 43.8 Å². The van der Waals surface area contributed by atoms with Gasteiger partial charge in [-0.1, -0.05) is 30.3 Å². The SMILES string of the molecule is COc1ccc(CN(CCN)C(Cc2ccc3cnccc3c2)=NC#N)cc1. The first-order valence-corrected chi connectivity index (χ1v) is 9.09. The number of aliphatic imine (C=N–C) groups is 1. The molecule has 0 unspecified atom stereocenters. The van der Waals surface area contributed by atoms with Gasteiger partial charge >= 0.3 is 0 Å². The van der Waals surface area contributed by atoms with E-state index in [-0.39, 0.29) is 0 Å². The van der Waals surface area contributed by atoms with Crippen molar-refractivity contribution in [1.82, 2.24) is 9.88 Å². The number of hydrogen-bond acceptors (Lipinski definition) is 5. The highest BCUT2D eigenvalue weighted by Crippen LogP contribution is 2.17. The Morgan fingerprint density at radius 3 is 2.64 bits per heavy atom. The molecular formula is C22H23N5O. The number of rotatable bonds is 7. The van der Waals surface area contributed by atoms with E-state index < -0.39 is 0 Å². The number of nitriles is 1. The van der Waals surface area contributed by atoms with E-state index in [1.54, 1.807) is 13.3 Å². The normalized spacial score (nSPS) is 11.2. The lowest BCUT2D eigenvalue weighted by atomic mass is 10.1. The molecule has 28 heavy (non-hydrogen) atoms. The van der Waals surface area contributed by atoms with Crippen molar-refractivity contribution in [2.24, 2.45) is 10.7 Å². The number of aromatic nitrogens is 1. The summed E-state index contributed by atoms with van der Waals surface area (Å²) in [7, 11) is 1.65. The Labute approximate surface area is 164 Å². The molecule has 1 aromatic heterocycles. The molecule has 142 valence electrons. The van der Waals surface area contributed by atoms with Gasteiger partial charge < -0.3 is 15.4 Å². The highest BCUT2D eigenvalue weighted by Gasteiger charge is 2.13. The van der Waals surface area contributed by atoms with Crippen molar-refractivity contribution in [3.8, 4) is 11.9 Å². The minimum Gasteiger partial charge on any atom is -0.497 e. The largest absolute Gasteiger partial charge is 0.497 e. The van der Waals surface area contributed by atoms with Gasteiger partial charge in [-0.15, -0.1) is 0 Å². The second-order valence-corrected chi connectivity index (χ2v) is 6.42. The van der Waals surface area contributed by atoms with E-state index >= 15 is 0 Å². The van der Waals surface area contributed by atoms with Gasteiger partial charge in [0.1, 0.15) is 11.6 Å². The minimum atomic E-state index is 0.476. The molecular weight excluding hydrogens is 350 g/mol. The average molecular weight is 373 g/mol. The highest BCUT2D eigenvalue weighted by atomic mass is 16.5. The summed E-state index contributed by atoms with van der Waals surface area (Å²) in [5, 5.41) is 11.4. The number of nitrogens with two attached hydrogens (primary N) is 1. The molecule has 0 saturated heterocycles. The van der Waals surface area contributed by atoms with Crippen LogP contribution in [0.4, 0.5) is 0 Å². The molecule has 0 bridgehead atoms. The first kappa shape index (κ1) is 19.3. The fourth-order valence-corrected chi connectivity index (χ4v) is 3.11. The van der Waals surface area contributed by atoms with Crippen LogP contribution in [0.3, 0.4) is 0 Å². The fourth-order valence-electron chi connectivity index (χ4n) is 3.11. The summed E-state index contributed by atoms with van der Waals surface area (Å²) in [4.78, 5) is 10.3. The Kier molecular flexibility index (Phi) is 6.55. The molecule has 0 radical (unpaired) electrons. The molecule has 2 aromatic carbocycles. The number of amidine groups is 1. The second-order valence-electron chi connectivity index (χ2n) is 6.42. The van der Waals surface area contributed by atoms with E-state index in [0.29, 0.717) is 31.9 Å². The Bertz CT molecular complexity index is 992. The molecule has 0 aliphatic rings. The van der Waals surface area contributed by atoms with Crippen LogP contribution in [0.2, 0.25) is 0 Å². The number of benzene rings is 2. The number of hydrogen-bond donors (Lipinski definition) is 1. The summed E-state index contributed by atoms with van der Waals surface area (Å²) >= 11 is 0. The van der Waals surface area contributed by atoms with Gasteiger partial charge in [0.05, 0.1) is 7.11 Å². The molecule has 0 amide bonds. The zero-order valence-electron chi connectivity index (χ0n) is 15.9. The first-order chi connectivity index (χ1) is 13.7. The zero-order chi connectivity index (χ0) is 19.8. The van der Waals surface area contributed by atoms with Gasteiger partial charge in [-0.25, -0.2) is 0 Å². The van der Waals surface area contributed by atoms with E-state index in [1.807, 2.05) is 54.9 Å². The van der Waals surface area contributed by atoms with Gasteiger partial charge in [-0.2, -0.15) is 10.3 Å². The molecule has 3 rings (SSSR count). The topological polar surface area (TPSA) is 87.5 Å². The molecule has 3 aromatic rings. The van der Waals surface area contributed by atoms with E-state index in [9.17, 15) is 5.26 Å². The minimum absolute atomic E-state index is 0.476. The van der Waals surface area contributed by atoms with Gasteiger partial charge in [-0.3, -0.25) is 4.98 Å². The molecule has 2 N–H and O–H groups in total. The van der Waals surface area contributed by atoms with E-state index in [1.165, 1.54) is 0 Å². The van der Waals surface area contributed by atoms with Crippen LogP contribution < -0.4 is 10.5 Å². The Morgan fingerprint density at radius 1 is 1.14 bits per heavy atom. The smallest absolute Gasteiger partial charge is 0.207 e. The van der Waals surface area contributed by atoms with Crippen molar-refractivity contribution < 1.29 is 4.74 Å². The van der Waals surface area contributed by atoms with Crippen LogP contribution in [0, 0.1) is 11.5 Å². The quantitative estimate of drug-likeness (QED) is 0.390. The fraction of sp³-hybridized carbons (Fsp3) is 0.227. The van der Waals surface area contributed by atoms with Gasteiger partial charge in [0.25, 0.3) is 0 Å². The molecule has 0 saturated carbocycles. The van der Waals surface area contributed by atoms with Crippen molar-refractivity contribution in [2.45, 2.75) is 13.0 Å². The molecule has 1 heterocycles. The Hall–Kier alpha value is -3.43. The van der Waals surface area contributed by atoms with Crippen LogP contribution in [-0.2, 0) is 13.0 Å². The standard InChI is InChI=1S/C22H23N5O/c1-28-21-6-3-17(4-7-21)15-27(11-9-23)22(26-16-24)13-18-2-5-20-14-25-10-8-19(20)12-18/h2-8,10,12,14H,9,11,13,15,23H2,1H3. The van der Waals surface area contributed by atoms with Crippen LogP contribution in [0.15, 0.2) is 65.9 Å². The molecule has 0 aliphatic carbocycles. The maximum Gasteiger partial charge on any atom is 0.207 e. The summed E-state index contributed by atoms with van der Waals surface area (Å²) in [6.45, 7) is 1.72. The summed E-state index contributed by atoms with van der Waals surface area (Å²) in [5.74, 6) is 1.52. The van der Waals surface area contributed by atoms with Crippen molar-refractivity contribution in [2.75, 3.05) is 20.2 Å². The van der Waals surface area contributed by atoms with Crippen molar-refractivity contribution in [3.05, 3.63) is 72.1 Å². The monoisotopic (exact) mass is 373 g/mol. The third kappa shape index (κ3) is 4.84. The van der Waals surface area contributed by atoms with Crippen molar-refractivity contribution in [3.63, 3.8) is 0 Å². The summed E-state index contributed by atoms with van der Waals surface area (Å²) < 4.78 is 5.22. The number of pyridine rings is 1. The number of nitrogens with zero attached hydrogens (tertiary/aromatic N) is 4.